The van der Waals surface area contributed by atoms with Crippen LogP contribution >= 0.6 is 0 Å². The van der Waals surface area contributed by atoms with Gasteiger partial charge in [0, 0.05) is 19.1 Å². The fraction of sp³-hybridized carbons (Fsp3) is 0.562. The monoisotopic (exact) mass is 277 g/mol. The molecule has 2 unspecified atom stereocenters. The smallest absolute Gasteiger partial charge is 0.305 e. The Labute approximate surface area is 120 Å². The topological polar surface area (TPSA) is 49.8 Å². The highest BCUT2D eigenvalue weighted by atomic mass is 16.5. The molecule has 0 aliphatic carbocycles. The van der Waals surface area contributed by atoms with Crippen LogP contribution in [0, 0.1) is 0 Å². The Hall–Kier alpha value is -1.39. The molecule has 1 N–H and O–H groups in total. The van der Waals surface area contributed by atoms with Gasteiger partial charge in [-0.05, 0) is 26.3 Å². The van der Waals surface area contributed by atoms with Crippen molar-refractivity contribution in [1.29, 1.82) is 0 Å². The summed E-state index contributed by atoms with van der Waals surface area (Å²) < 4.78 is 5.91. The van der Waals surface area contributed by atoms with Crippen LogP contribution < -0.4 is 0 Å². The molecule has 1 heterocycles. The number of nitrogens with zero attached hydrogens (tertiary/aromatic N) is 1. The summed E-state index contributed by atoms with van der Waals surface area (Å²) in [7, 11) is 0. The molecule has 0 radical (unpaired) electrons. The number of morpholine rings is 1. The number of rotatable bonds is 4. The zero-order valence-electron chi connectivity index (χ0n) is 12.4. The second-order valence-corrected chi connectivity index (χ2v) is 6.14. The van der Waals surface area contributed by atoms with Gasteiger partial charge in [-0.15, -0.1) is 0 Å². The molecule has 2 atom stereocenters. The van der Waals surface area contributed by atoms with E-state index in [2.05, 4.69) is 18.7 Å². The van der Waals surface area contributed by atoms with Crippen LogP contribution in [0.25, 0.3) is 0 Å². The summed E-state index contributed by atoms with van der Waals surface area (Å²) >= 11 is 0. The number of hydrogen-bond acceptors (Lipinski definition) is 3. The van der Waals surface area contributed by atoms with Gasteiger partial charge in [-0.2, -0.15) is 0 Å². The lowest BCUT2D eigenvalue weighted by Gasteiger charge is -2.45. The van der Waals surface area contributed by atoms with Crippen LogP contribution in [0.3, 0.4) is 0 Å². The molecular weight excluding hydrogens is 254 g/mol. The maximum Gasteiger partial charge on any atom is 0.305 e. The van der Waals surface area contributed by atoms with Crippen LogP contribution in [-0.4, -0.2) is 40.8 Å². The molecule has 1 aromatic rings. The summed E-state index contributed by atoms with van der Waals surface area (Å²) in [6, 6.07) is 9.77. The van der Waals surface area contributed by atoms with Crippen LogP contribution in [0.15, 0.2) is 30.3 Å². The van der Waals surface area contributed by atoms with E-state index in [9.17, 15) is 9.90 Å². The summed E-state index contributed by atoms with van der Waals surface area (Å²) in [6.45, 7) is 7.65. The Morgan fingerprint density at radius 2 is 2.10 bits per heavy atom. The third kappa shape index (κ3) is 3.81. The highest BCUT2D eigenvalue weighted by Gasteiger charge is 2.35. The molecule has 0 amide bonds. The van der Waals surface area contributed by atoms with Gasteiger partial charge < -0.3 is 9.84 Å². The largest absolute Gasteiger partial charge is 0.481 e. The molecule has 0 bridgehead atoms. The van der Waals surface area contributed by atoms with Crippen molar-refractivity contribution >= 4 is 5.97 Å². The van der Waals surface area contributed by atoms with E-state index >= 15 is 0 Å². The van der Waals surface area contributed by atoms with Gasteiger partial charge in [0.25, 0.3) is 0 Å². The van der Waals surface area contributed by atoms with Crippen molar-refractivity contribution in [2.24, 2.45) is 0 Å². The molecule has 0 saturated carbocycles. The highest BCUT2D eigenvalue weighted by molar-refractivity contribution is 5.68. The highest BCUT2D eigenvalue weighted by Crippen LogP contribution is 2.31. The molecule has 20 heavy (non-hydrogen) atoms. The van der Waals surface area contributed by atoms with E-state index < -0.39 is 5.97 Å². The van der Waals surface area contributed by atoms with Gasteiger partial charge in [-0.25, -0.2) is 0 Å². The first-order chi connectivity index (χ1) is 9.37. The lowest BCUT2D eigenvalue weighted by atomic mass is 9.97. The van der Waals surface area contributed by atoms with Crippen molar-refractivity contribution < 1.29 is 14.6 Å². The average Bonchev–Trinajstić information content (AvgIpc) is 2.34. The van der Waals surface area contributed by atoms with Gasteiger partial charge in [0.05, 0.1) is 18.1 Å². The van der Waals surface area contributed by atoms with Gasteiger partial charge in [0.2, 0.25) is 0 Å². The van der Waals surface area contributed by atoms with E-state index in [1.165, 1.54) is 0 Å². The van der Waals surface area contributed by atoms with Crippen LogP contribution in [0.2, 0.25) is 0 Å². The van der Waals surface area contributed by atoms with E-state index in [-0.39, 0.29) is 24.2 Å². The zero-order chi connectivity index (χ0) is 14.8. The normalized spacial score (nSPS) is 24.2. The Balaban J connectivity index is 2.24. The Morgan fingerprint density at radius 3 is 2.65 bits per heavy atom. The second-order valence-electron chi connectivity index (χ2n) is 6.14. The van der Waals surface area contributed by atoms with Crippen LogP contribution in [-0.2, 0) is 9.53 Å². The van der Waals surface area contributed by atoms with E-state index in [0.717, 1.165) is 18.7 Å². The van der Waals surface area contributed by atoms with Gasteiger partial charge in [0.15, 0.2) is 0 Å². The van der Waals surface area contributed by atoms with E-state index in [1.807, 2.05) is 37.3 Å². The third-order valence-electron chi connectivity index (χ3n) is 3.59. The van der Waals surface area contributed by atoms with Crippen molar-refractivity contribution in [2.75, 3.05) is 13.1 Å². The molecule has 1 aliphatic rings. The molecular formula is C16H23NO3. The van der Waals surface area contributed by atoms with E-state index in [4.69, 9.17) is 4.74 Å². The molecule has 1 aliphatic heterocycles. The number of hydrogen-bond donors (Lipinski definition) is 1. The minimum atomic E-state index is -0.768. The fourth-order valence-electron chi connectivity index (χ4n) is 3.04. The minimum absolute atomic E-state index is 0.0978. The van der Waals surface area contributed by atoms with Crippen molar-refractivity contribution in [3.05, 3.63) is 35.9 Å². The lowest BCUT2D eigenvalue weighted by molar-refractivity contribution is -0.149. The third-order valence-corrected chi connectivity index (χ3v) is 3.59. The number of aliphatic carboxylic acids is 1. The van der Waals surface area contributed by atoms with Gasteiger partial charge in [-0.1, -0.05) is 30.3 Å². The van der Waals surface area contributed by atoms with E-state index in [1.54, 1.807) is 0 Å². The SMILES string of the molecule is CC1CN(C(CC(=O)O)c2ccccc2)CC(C)(C)O1. The minimum Gasteiger partial charge on any atom is -0.481 e. The maximum absolute atomic E-state index is 11.2. The molecule has 1 aromatic carbocycles. The average molecular weight is 277 g/mol. The molecule has 0 aromatic heterocycles. The summed E-state index contributed by atoms with van der Waals surface area (Å²) in [5.41, 5.74) is 0.809. The number of carbonyl (C=O) groups is 1. The standard InChI is InChI=1S/C16H23NO3/c1-12-10-17(11-16(2,3)20-12)14(9-15(18)19)13-7-5-4-6-8-13/h4-8,12,14H,9-11H2,1-3H3,(H,18,19). The predicted molar refractivity (Wildman–Crippen MR) is 77.6 cm³/mol. The Morgan fingerprint density at radius 1 is 1.45 bits per heavy atom. The summed E-state index contributed by atoms with van der Waals surface area (Å²) in [6.07, 6.45) is 0.228. The summed E-state index contributed by atoms with van der Waals surface area (Å²) in [5, 5.41) is 9.21. The molecule has 4 nitrogen and oxygen atoms in total. The van der Waals surface area contributed by atoms with Crippen LogP contribution in [0.4, 0.5) is 0 Å². The molecule has 2 rings (SSSR count). The Bertz CT molecular complexity index is 458. The first-order valence-electron chi connectivity index (χ1n) is 7.06. The summed E-state index contributed by atoms with van der Waals surface area (Å²) in [5.74, 6) is -0.768. The van der Waals surface area contributed by atoms with Gasteiger partial charge >= 0.3 is 5.97 Å². The number of carboxylic acid groups (broad SMARTS) is 1. The predicted octanol–water partition coefficient (Wildman–Crippen LogP) is 2.70. The first-order valence-corrected chi connectivity index (χ1v) is 7.06. The number of benzene rings is 1. The summed E-state index contributed by atoms with van der Waals surface area (Å²) in [4.78, 5) is 13.4. The van der Waals surface area contributed by atoms with Crippen molar-refractivity contribution in [2.45, 2.75) is 44.9 Å². The molecule has 4 heteroatoms. The molecule has 110 valence electrons. The Kier molecular flexibility index (Phi) is 4.45. The van der Waals surface area contributed by atoms with E-state index in [0.29, 0.717) is 0 Å². The number of carboxylic acids is 1. The van der Waals surface area contributed by atoms with Crippen molar-refractivity contribution in [3.8, 4) is 0 Å². The second kappa shape index (κ2) is 5.94. The molecule has 0 spiro atoms. The van der Waals surface area contributed by atoms with Gasteiger partial charge in [-0.3, -0.25) is 9.69 Å². The van der Waals surface area contributed by atoms with Crippen molar-refractivity contribution in [3.63, 3.8) is 0 Å². The van der Waals surface area contributed by atoms with Crippen LogP contribution in [0.1, 0.15) is 38.8 Å². The first kappa shape index (κ1) is 15.0. The quantitative estimate of drug-likeness (QED) is 0.919. The lowest BCUT2D eigenvalue weighted by Crippen LogP contribution is -2.53. The zero-order valence-corrected chi connectivity index (χ0v) is 12.4. The fourth-order valence-corrected chi connectivity index (χ4v) is 3.04. The maximum atomic E-state index is 11.2. The van der Waals surface area contributed by atoms with Crippen molar-refractivity contribution in [1.82, 2.24) is 4.90 Å². The molecule has 1 fully saturated rings. The van der Waals surface area contributed by atoms with Crippen LogP contribution in [0.5, 0.6) is 0 Å². The van der Waals surface area contributed by atoms with Gasteiger partial charge in [0.1, 0.15) is 0 Å². The molecule has 1 saturated heterocycles. The number of ether oxygens (including phenoxy) is 1.